The van der Waals surface area contributed by atoms with Crippen molar-refractivity contribution in [2.24, 2.45) is 0 Å². The molecular weight excluding hydrogens is 554 g/mol. The maximum absolute atomic E-state index is 6.21. The molecule has 45 heavy (non-hydrogen) atoms. The van der Waals surface area contributed by atoms with Crippen LogP contribution in [0.15, 0.2) is 156 Å². The van der Waals surface area contributed by atoms with Crippen LogP contribution in [0.25, 0.3) is 79.0 Å². The molecule has 3 aromatic heterocycles. The largest absolute Gasteiger partial charge is 0.436 e. The Morgan fingerprint density at radius 3 is 1.62 bits per heavy atom. The topological polar surface area (TPSA) is 77.6 Å². The van der Waals surface area contributed by atoms with E-state index in [-0.39, 0.29) is 0 Å². The fourth-order valence-electron chi connectivity index (χ4n) is 5.49. The number of aromatic nitrogens is 5. The van der Waals surface area contributed by atoms with Crippen LogP contribution in [0.3, 0.4) is 0 Å². The first kappa shape index (κ1) is 26.4. The van der Waals surface area contributed by atoms with Crippen LogP contribution in [0.2, 0.25) is 0 Å². The van der Waals surface area contributed by atoms with Crippen molar-refractivity contribution in [1.82, 2.24) is 24.9 Å². The first-order chi connectivity index (χ1) is 22.3. The molecule has 6 heteroatoms. The fraction of sp³-hybridized carbons (Fsp3) is 0. The van der Waals surface area contributed by atoms with Crippen molar-refractivity contribution in [2.75, 3.05) is 0 Å². The molecule has 0 atom stereocenters. The molecule has 0 aliphatic rings. The molecule has 212 valence electrons. The van der Waals surface area contributed by atoms with Gasteiger partial charge in [-0.1, -0.05) is 109 Å². The molecule has 0 saturated carbocycles. The van der Waals surface area contributed by atoms with Crippen molar-refractivity contribution in [3.05, 3.63) is 152 Å². The van der Waals surface area contributed by atoms with Gasteiger partial charge in [0.2, 0.25) is 5.89 Å². The Kier molecular flexibility index (Phi) is 6.70. The molecule has 0 fully saturated rings. The summed E-state index contributed by atoms with van der Waals surface area (Å²) in [7, 11) is 0. The van der Waals surface area contributed by atoms with Crippen molar-refractivity contribution in [1.29, 1.82) is 0 Å². The lowest BCUT2D eigenvalue weighted by Crippen LogP contribution is -2.00. The highest BCUT2D eigenvalue weighted by atomic mass is 16.3. The Morgan fingerprint density at radius 2 is 1.00 bits per heavy atom. The monoisotopic (exact) mass is 579 g/mol. The van der Waals surface area contributed by atoms with Gasteiger partial charge in [0.15, 0.2) is 23.1 Å². The highest BCUT2D eigenvalue weighted by Crippen LogP contribution is 2.39. The Hall–Kier alpha value is -6.27. The Morgan fingerprint density at radius 1 is 0.400 bits per heavy atom. The number of benzene rings is 5. The summed E-state index contributed by atoms with van der Waals surface area (Å²) in [6, 6.07) is 46.3. The van der Waals surface area contributed by atoms with E-state index in [1.54, 1.807) is 6.20 Å². The lowest BCUT2D eigenvalue weighted by Gasteiger charge is -2.13. The zero-order valence-electron chi connectivity index (χ0n) is 24.1. The minimum atomic E-state index is 0.588. The van der Waals surface area contributed by atoms with Gasteiger partial charge >= 0.3 is 0 Å². The molecule has 8 aromatic rings. The van der Waals surface area contributed by atoms with Gasteiger partial charge in [0.25, 0.3) is 0 Å². The second kappa shape index (κ2) is 11.4. The van der Waals surface area contributed by atoms with Gasteiger partial charge in [0.1, 0.15) is 5.52 Å². The van der Waals surface area contributed by atoms with Gasteiger partial charge in [-0.05, 0) is 41.5 Å². The maximum Gasteiger partial charge on any atom is 0.227 e. The number of hydrogen-bond donors (Lipinski definition) is 0. The van der Waals surface area contributed by atoms with E-state index in [2.05, 4.69) is 35.3 Å². The van der Waals surface area contributed by atoms with Crippen LogP contribution in [0.5, 0.6) is 0 Å². The van der Waals surface area contributed by atoms with E-state index in [9.17, 15) is 0 Å². The second-order valence-electron chi connectivity index (χ2n) is 10.6. The molecule has 0 aliphatic carbocycles. The summed E-state index contributed by atoms with van der Waals surface area (Å²) >= 11 is 0. The zero-order chi connectivity index (χ0) is 30.0. The quantitative estimate of drug-likeness (QED) is 0.195. The normalized spacial score (nSPS) is 11.1. The molecule has 0 unspecified atom stereocenters. The molecule has 0 aliphatic heterocycles. The molecule has 0 spiro atoms. The van der Waals surface area contributed by atoms with Gasteiger partial charge in [-0.2, -0.15) is 0 Å². The van der Waals surface area contributed by atoms with Crippen LogP contribution in [-0.2, 0) is 0 Å². The average molecular weight is 580 g/mol. The fourth-order valence-corrected chi connectivity index (χ4v) is 5.49. The van der Waals surface area contributed by atoms with Crippen LogP contribution in [0, 0.1) is 0 Å². The number of para-hydroxylation sites is 1. The van der Waals surface area contributed by atoms with Crippen molar-refractivity contribution < 1.29 is 4.42 Å². The zero-order valence-corrected chi connectivity index (χ0v) is 24.1. The van der Waals surface area contributed by atoms with E-state index >= 15 is 0 Å². The van der Waals surface area contributed by atoms with Crippen molar-refractivity contribution in [3.8, 4) is 67.9 Å². The van der Waals surface area contributed by atoms with Crippen LogP contribution in [-0.4, -0.2) is 24.9 Å². The van der Waals surface area contributed by atoms with Crippen LogP contribution in [0.1, 0.15) is 0 Å². The molecule has 0 bridgehead atoms. The summed E-state index contributed by atoms with van der Waals surface area (Å²) in [6.45, 7) is 0. The number of pyridine rings is 1. The number of nitrogens with zero attached hydrogens (tertiary/aromatic N) is 5. The average Bonchev–Trinajstić information content (AvgIpc) is 3.58. The summed E-state index contributed by atoms with van der Waals surface area (Å²) in [5, 5.41) is 0. The summed E-state index contributed by atoms with van der Waals surface area (Å²) < 4.78 is 6.21. The highest BCUT2D eigenvalue weighted by Gasteiger charge is 2.18. The van der Waals surface area contributed by atoms with E-state index in [1.165, 1.54) is 0 Å². The Labute approximate surface area is 259 Å². The van der Waals surface area contributed by atoms with E-state index in [0.29, 0.717) is 23.4 Å². The third kappa shape index (κ3) is 5.15. The van der Waals surface area contributed by atoms with Crippen LogP contribution < -0.4 is 0 Å². The highest BCUT2D eigenvalue weighted by molar-refractivity contribution is 5.98. The lowest BCUT2D eigenvalue weighted by molar-refractivity contribution is 0.620. The second-order valence-corrected chi connectivity index (χ2v) is 10.6. The Balaban J connectivity index is 1.32. The predicted molar refractivity (Wildman–Crippen MR) is 178 cm³/mol. The van der Waals surface area contributed by atoms with E-state index in [1.807, 2.05) is 115 Å². The van der Waals surface area contributed by atoms with Gasteiger partial charge < -0.3 is 4.42 Å². The van der Waals surface area contributed by atoms with Crippen molar-refractivity contribution >= 4 is 11.1 Å². The summed E-state index contributed by atoms with van der Waals surface area (Å²) in [6.07, 6.45) is 3.65. The third-order valence-corrected chi connectivity index (χ3v) is 7.68. The summed E-state index contributed by atoms with van der Waals surface area (Å²) in [5.41, 5.74) is 9.10. The van der Waals surface area contributed by atoms with E-state index < -0.39 is 0 Å². The number of fused-ring (bicyclic) bond motifs is 1. The van der Waals surface area contributed by atoms with Gasteiger partial charge in [0.05, 0.1) is 0 Å². The smallest absolute Gasteiger partial charge is 0.227 e. The van der Waals surface area contributed by atoms with Gasteiger partial charge in [0, 0.05) is 45.8 Å². The summed E-state index contributed by atoms with van der Waals surface area (Å²) in [5.74, 6) is 2.41. The SMILES string of the molecule is c1ccc(-c2nc(-c3ccccc3)nc(-c3ccc(-c4cccc5oc(-c6ccccc6)nc45)c(-c4cccnc4)c3)n2)cc1. The number of oxazole rings is 1. The number of rotatable bonds is 6. The lowest BCUT2D eigenvalue weighted by atomic mass is 9.92. The third-order valence-electron chi connectivity index (χ3n) is 7.68. The van der Waals surface area contributed by atoms with Gasteiger partial charge in [-0.25, -0.2) is 19.9 Å². The van der Waals surface area contributed by atoms with Crippen molar-refractivity contribution in [3.63, 3.8) is 0 Å². The molecule has 0 N–H and O–H groups in total. The molecule has 8 rings (SSSR count). The van der Waals surface area contributed by atoms with Crippen LogP contribution >= 0.6 is 0 Å². The maximum atomic E-state index is 6.21. The molecule has 3 heterocycles. The molecule has 0 saturated heterocycles. The molecular formula is C39H25N5O. The predicted octanol–water partition coefficient (Wildman–Crippen LogP) is 9.41. The summed E-state index contributed by atoms with van der Waals surface area (Å²) in [4.78, 5) is 24.2. The van der Waals surface area contributed by atoms with Gasteiger partial charge in [-0.3, -0.25) is 4.98 Å². The molecule has 5 aromatic carbocycles. The molecule has 0 amide bonds. The van der Waals surface area contributed by atoms with E-state index in [0.717, 1.165) is 55.6 Å². The van der Waals surface area contributed by atoms with Crippen molar-refractivity contribution in [2.45, 2.75) is 0 Å². The minimum absolute atomic E-state index is 0.588. The standard InChI is InChI=1S/C39H25N5O/c1-4-12-26(13-5-1)36-42-37(27-14-6-2-7-15-27)44-38(43-36)29-21-22-31(33(24-29)30-18-11-23-40-25-30)32-19-10-20-34-35(32)41-39(45-34)28-16-8-3-9-17-28/h1-25H. The Bertz CT molecular complexity index is 2190. The van der Waals surface area contributed by atoms with E-state index in [4.69, 9.17) is 24.4 Å². The molecule has 6 nitrogen and oxygen atoms in total. The van der Waals surface area contributed by atoms with Crippen LogP contribution in [0.4, 0.5) is 0 Å². The van der Waals surface area contributed by atoms with Gasteiger partial charge in [-0.15, -0.1) is 0 Å². The first-order valence-corrected chi connectivity index (χ1v) is 14.7. The first-order valence-electron chi connectivity index (χ1n) is 14.7. The minimum Gasteiger partial charge on any atom is -0.436 e. The molecule has 0 radical (unpaired) electrons. The number of hydrogen-bond acceptors (Lipinski definition) is 6.